The Balaban J connectivity index is 1.98. The van der Waals surface area contributed by atoms with Crippen LogP contribution in [0, 0.1) is 6.92 Å². The van der Waals surface area contributed by atoms with Gasteiger partial charge >= 0.3 is 0 Å². The van der Waals surface area contributed by atoms with Crippen molar-refractivity contribution in [3.05, 3.63) is 59.2 Å². The van der Waals surface area contributed by atoms with Crippen molar-refractivity contribution in [3.63, 3.8) is 0 Å². The zero-order valence-corrected chi connectivity index (χ0v) is 14.6. The Morgan fingerprint density at radius 2 is 1.78 bits per heavy atom. The maximum Gasteiger partial charge on any atom is 0.161 e. The van der Waals surface area contributed by atoms with E-state index in [1.807, 2.05) is 6.07 Å². The van der Waals surface area contributed by atoms with Crippen molar-refractivity contribution in [1.29, 1.82) is 0 Å². The Labute approximate surface area is 139 Å². The third-order valence-electron chi connectivity index (χ3n) is 3.78. The average molecular weight is 313 g/mol. The Bertz CT molecular complexity index is 623. The molecule has 124 valence electrons. The van der Waals surface area contributed by atoms with Crippen LogP contribution in [0.4, 0.5) is 0 Å². The highest BCUT2D eigenvalue weighted by molar-refractivity contribution is 5.43. The molecule has 2 rings (SSSR count). The molecule has 0 spiro atoms. The predicted octanol–water partition coefficient (Wildman–Crippen LogP) is 4.08. The van der Waals surface area contributed by atoms with E-state index in [1.54, 1.807) is 7.11 Å². The Kier molecular flexibility index (Phi) is 6.48. The van der Waals surface area contributed by atoms with Gasteiger partial charge in [0.05, 0.1) is 7.11 Å². The highest BCUT2D eigenvalue weighted by Gasteiger charge is 2.07. The van der Waals surface area contributed by atoms with Crippen LogP contribution in [0.3, 0.4) is 0 Å². The van der Waals surface area contributed by atoms with Gasteiger partial charge < -0.3 is 14.4 Å². The van der Waals surface area contributed by atoms with Crippen LogP contribution >= 0.6 is 0 Å². The van der Waals surface area contributed by atoms with Crippen molar-refractivity contribution < 1.29 is 9.47 Å². The van der Waals surface area contributed by atoms with Gasteiger partial charge in [-0.2, -0.15) is 0 Å². The number of ether oxygens (including phenoxy) is 2. The van der Waals surface area contributed by atoms with Crippen molar-refractivity contribution in [1.82, 2.24) is 4.90 Å². The number of methoxy groups -OCH3 is 1. The lowest BCUT2D eigenvalue weighted by Gasteiger charge is -2.13. The second kappa shape index (κ2) is 8.59. The molecule has 0 saturated heterocycles. The van der Waals surface area contributed by atoms with Crippen LogP contribution in [0.25, 0.3) is 0 Å². The van der Waals surface area contributed by atoms with Crippen molar-refractivity contribution in [2.24, 2.45) is 0 Å². The number of rotatable bonds is 8. The molecule has 0 amide bonds. The number of nitrogens with zero attached hydrogens (tertiary/aromatic N) is 1. The van der Waals surface area contributed by atoms with Crippen LogP contribution < -0.4 is 9.47 Å². The smallest absolute Gasteiger partial charge is 0.161 e. The number of benzene rings is 2. The number of aryl methyl sites for hydroxylation is 2. The second-order valence-corrected chi connectivity index (χ2v) is 6.17. The molecule has 3 nitrogen and oxygen atoms in total. The normalized spacial score (nSPS) is 10.8. The van der Waals surface area contributed by atoms with Crippen LogP contribution in [0.15, 0.2) is 42.5 Å². The Morgan fingerprint density at radius 3 is 2.48 bits per heavy atom. The zero-order chi connectivity index (χ0) is 16.7. The number of hydrogen-bond donors (Lipinski definition) is 0. The fourth-order valence-corrected chi connectivity index (χ4v) is 2.55. The van der Waals surface area contributed by atoms with E-state index in [9.17, 15) is 0 Å². The molecule has 0 heterocycles. The Morgan fingerprint density at radius 1 is 0.957 bits per heavy atom. The van der Waals surface area contributed by atoms with Gasteiger partial charge in [0.2, 0.25) is 0 Å². The van der Waals surface area contributed by atoms with Crippen LogP contribution in [0.5, 0.6) is 11.5 Å². The minimum absolute atomic E-state index is 0.554. The van der Waals surface area contributed by atoms with E-state index >= 15 is 0 Å². The van der Waals surface area contributed by atoms with E-state index in [0.717, 1.165) is 30.9 Å². The molecule has 0 aromatic heterocycles. The monoisotopic (exact) mass is 313 g/mol. The molecular weight excluding hydrogens is 286 g/mol. The molecule has 3 heteroatoms. The fourth-order valence-electron chi connectivity index (χ4n) is 2.55. The van der Waals surface area contributed by atoms with Crippen molar-refractivity contribution in [3.8, 4) is 11.5 Å². The zero-order valence-electron chi connectivity index (χ0n) is 14.6. The molecular formula is C20H27NO2. The van der Waals surface area contributed by atoms with Crippen LogP contribution in [0.1, 0.15) is 23.1 Å². The Hall–Kier alpha value is -2.00. The third-order valence-corrected chi connectivity index (χ3v) is 3.78. The molecule has 2 aromatic carbocycles. The molecule has 0 atom stereocenters. The van der Waals surface area contributed by atoms with E-state index in [2.05, 4.69) is 62.3 Å². The first kappa shape index (κ1) is 17.4. The molecule has 0 N–H and O–H groups in total. The van der Waals surface area contributed by atoms with Gasteiger partial charge in [-0.15, -0.1) is 0 Å². The minimum Gasteiger partial charge on any atom is -0.493 e. The van der Waals surface area contributed by atoms with Gasteiger partial charge in [0, 0.05) is 0 Å². The van der Waals surface area contributed by atoms with E-state index in [1.165, 1.54) is 16.7 Å². The first-order valence-electron chi connectivity index (χ1n) is 8.08. The molecule has 0 fully saturated rings. The van der Waals surface area contributed by atoms with E-state index in [0.29, 0.717) is 6.61 Å². The largest absolute Gasteiger partial charge is 0.493 e. The third kappa shape index (κ3) is 5.61. The van der Waals surface area contributed by atoms with Gasteiger partial charge in [-0.1, -0.05) is 35.9 Å². The SMILES string of the molecule is COc1cc(CCCN(C)C)ccc1OCc1cccc(C)c1. The molecule has 23 heavy (non-hydrogen) atoms. The maximum atomic E-state index is 5.93. The van der Waals surface area contributed by atoms with Crippen molar-refractivity contribution >= 4 is 0 Å². The summed E-state index contributed by atoms with van der Waals surface area (Å²) in [4.78, 5) is 2.20. The molecule has 0 bridgehead atoms. The van der Waals surface area contributed by atoms with Gasteiger partial charge in [-0.25, -0.2) is 0 Å². The van der Waals surface area contributed by atoms with E-state index in [4.69, 9.17) is 9.47 Å². The minimum atomic E-state index is 0.554. The summed E-state index contributed by atoms with van der Waals surface area (Å²) in [5.74, 6) is 1.60. The highest BCUT2D eigenvalue weighted by atomic mass is 16.5. The van der Waals surface area contributed by atoms with Crippen LogP contribution in [0.2, 0.25) is 0 Å². The summed E-state index contributed by atoms with van der Waals surface area (Å²) in [6.07, 6.45) is 2.19. The lowest BCUT2D eigenvalue weighted by molar-refractivity contribution is 0.284. The summed E-state index contributed by atoms with van der Waals surface area (Å²) in [6.45, 7) is 3.73. The quantitative estimate of drug-likeness (QED) is 0.733. The fraction of sp³-hybridized carbons (Fsp3) is 0.400. The van der Waals surface area contributed by atoms with Gasteiger partial charge in [-0.05, 0) is 63.7 Å². The topological polar surface area (TPSA) is 21.7 Å². The first-order chi connectivity index (χ1) is 11.1. The van der Waals surface area contributed by atoms with Gasteiger partial charge in [0.25, 0.3) is 0 Å². The molecule has 0 radical (unpaired) electrons. The second-order valence-electron chi connectivity index (χ2n) is 6.17. The van der Waals surface area contributed by atoms with Crippen LogP contribution in [-0.2, 0) is 13.0 Å². The molecule has 0 aliphatic heterocycles. The molecule has 2 aromatic rings. The summed E-state index contributed by atoms with van der Waals surface area (Å²) in [7, 11) is 5.89. The summed E-state index contributed by atoms with van der Waals surface area (Å²) in [5.41, 5.74) is 3.70. The number of hydrogen-bond acceptors (Lipinski definition) is 3. The predicted molar refractivity (Wildman–Crippen MR) is 95.4 cm³/mol. The maximum absolute atomic E-state index is 5.93. The lowest BCUT2D eigenvalue weighted by atomic mass is 10.1. The van der Waals surface area contributed by atoms with Crippen LogP contribution in [-0.4, -0.2) is 32.6 Å². The van der Waals surface area contributed by atoms with Crippen molar-refractivity contribution in [2.45, 2.75) is 26.4 Å². The average Bonchev–Trinajstić information content (AvgIpc) is 2.53. The molecule has 0 saturated carbocycles. The van der Waals surface area contributed by atoms with E-state index < -0.39 is 0 Å². The summed E-state index contributed by atoms with van der Waals surface area (Å²) in [6, 6.07) is 14.6. The van der Waals surface area contributed by atoms with Gasteiger partial charge in [0.1, 0.15) is 6.61 Å². The molecule has 0 aliphatic rings. The van der Waals surface area contributed by atoms with Crippen molar-refractivity contribution in [2.75, 3.05) is 27.7 Å². The van der Waals surface area contributed by atoms with Gasteiger partial charge in [0.15, 0.2) is 11.5 Å². The molecule has 0 aliphatic carbocycles. The lowest BCUT2D eigenvalue weighted by Crippen LogP contribution is -2.13. The van der Waals surface area contributed by atoms with E-state index in [-0.39, 0.29) is 0 Å². The summed E-state index contributed by atoms with van der Waals surface area (Å²) < 4.78 is 11.4. The standard InChI is InChI=1S/C20H27NO2/c1-16-7-5-8-18(13-16)15-23-19-11-10-17(14-20(19)22-4)9-6-12-21(2)3/h5,7-8,10-11,13-14H,6,9,12,15H2,1-4H3. The molecule has 0 unspecified atom stereocenters. The summed E-state index contributed by atoms with van der Waals surface area (Å²) >= 11 is 0. The van der Waals surface area contributed by atoms with Gasteiger partial charge in [-0.3, -0.25) is 0 Å². The highest BCUT2D eigenvalue weighted by Crippen LogP contribution is 2.29. The first-order valence-corrected chi connectivity index (χ1v) is 8.08. The summed E-state index contributed by atoms with van der Waals surface area (Å²) in [5, 5.41) is 0.